The molecule has 0 unspecified atom stereocenters. The third kappa shape index (κ3) is 3.46. The molecule has 0 fully saturated rings. The van der Waals surface area contributed by atoms with E-state index in [1.165, 1.54) is 0 Å². The van der Waals surface area contributed by atoms with Crippen molar-refractivity contribution in [1.82, 2.24) is 0 Å². The highest BCUT2D eigenvalue weighted by molar-refractivity contribution is 6.55. The molecule has 0 aliphatic heterocycles. The second-order valence-electron chi connectivity index (χ2n) is 2.81. The third-order valence-electron chi connectivity index (χ3n) is 1.68. The molecule has 0 heterocycles. The molecule has 17 heavy (non-hydrogen) atoms. The number of carbonyl (C=O) groups is 1. The van der Waals surface area contributed by atoms with Gasteiger partial charge in [-0.1, -0.05) is 58.0 Å². The molecule has 0 saturated heterocycles. The standard InChI is InChI=1S/C9H4Cl6O2/c10-2-1-3(16)17-9-7(14)5(12)4(11)6(13)8(9)15/h1-2H2. The van der Waals surface area contributed by atoms with Gasteiger partial charge in [0.25, 0.3) is 0 Å². The second kappa shape index (κ2) is 6.55. The summed E-state index contributed by atoms with van der Waals surface area (Å²) in [6.07, 6.45) is 0.00603. The maximum Gasteiger partial charge on any atom is 0.312 e. The molecular formula is C9H4Cl6O2. The highest BCUT2D eigenvalue weighted by atomic mass is 35.5. The van der Waals surface area contributed by atoms with Crippen LogP contribution in [0, 0.1) is 0 Å². The summed E-state index contributed by atoms with van der Waals surface area (Å²) in [5.41, 5.74) is 0. The molecule has 0 saturated carbocycles. The van der Waals surface area contributed by atoms with Crippen molar-refractivity contribution in [2.75, 3.05) is 5.88 Å². The van der Waals surface area contributed by atoms with Crippen LogP contribution in [0.5, 0.6) is 5.75 Å². The van der Waals surface area contributed by atoms with Gasteiger partial charge >= 0.3 is 5.97 Å². The zero-order valence-corrected chi connectivity index (χ0v) is 12.5. The second-order valence-corrected chi connectivity index (χ2v) is 5.08. The molecule has 0 atom stereocenters. The normalized spacial score (nSPS) is 10.5. The number of carbonyl (C=O) groups excluding carboxylic acids is 1. The first-order chi connectivity index (χ1) is 7.90. The number of hydrogen-bond acceptors (Lipinski definition) is 2. The zero-order chi connectivity index (χ0) is 13.2. The van der Waals surface area contributed by atoms with Gasteiger partial charge < -0.3 is 4.74 Å². The van der Waals surface area contributed by atoms with Crippen molar-refractivity contribution in [2.24, 2.45) is 0 Å². The molecule has 0 spiro atoms. The summed E-state index contributed by atoms with van der Waals surface area (Å²) >= 11 is 34.4. The molecule has 0 aliphatic carbocycles. The average molecular weight is 357 g/mol. The number of rotatable bonds is 3. The Morgan fingerprint density at radius 1 is 0.882 bits per heavy atom. The number of ether oxygens (including phenoxy) is 1. The molecular weight excluding hydrogens is 353 g/mol. The van der Waals surface area contributed by atoms with Gasteiger partial charge in [0.2, 0.25) is 0 Å². The maximum atomic E-state index is 11.3. The van der Waals surface area contributed by atoms with E-state index in [4.69, 9.17) is 74.3 Å². The lowest BCUT2D eigenvalue weighted by Crippen LogP contribution is -2.09. The molecule has 1 aromatic carbocycles. The van der Waals surface area contributed by atoms with Gasteiger partial charge in [0.05, 0.1) is 21.5 Å². The van der Waals surface area contributed by atoms with E-state index in [2.05, 4.69) is 0 Å². The quantitative estimate of drug-likeness (QED) is 0.235. The van der Waals surface area contributed by atoms with Gasteiger partial charge in [0, 0.05) is 5.88 Å². The van der Waals surface area contributed by atoms with Crippen LogP contribution in [-0.4, -0.2) is 11.8 Å². The molecule has 0 radical (unpaired) electrons. The lowest BCUT2D eigenvalue weighted by Gasteiger charge is -2.11. The first-order valence-corrected chi connectivity index (χ1v) is 6.60. The number of esters is 1. The van der Waals surface area contributed by atoms with E-state index in [9.17, 15) is 4.79 Å². The highest BCUT2D eigenvalue weighted by Gasteiger charge is 2.22. The molecule has 1 aromatic rings. The van der Waals surface area contributed by atoms with Crippen molar-refractivity contribution in [2.45, 2.75) is 6.42 Å². The Labute approximate surface area is 128 Å². The van der Waals surface area contributed by atoms with Gasteiger partial charge in [-0.15, -0.1) is 11.6 Å². The van der Waals surface area contributed by atoms with E-state index in [-0.39, 0.29) is 43.2 Å². The predicted molar refractivity (Wildman–Crippen MR) is 72.5 cm³/mol. The van der Waals surface area contributed by atoms with E-state index < -0.39 is 5.97 Å². The van der Waals surface area contributed by atoms with Crippen molar-refractivity contribution in [3.8, 4) is 5.75 Å². The minimum absolute atomic E-state index is 0.000440. The Balaban J connectivity index is 3.20. The Kier molecular flexibility index (Phi) is 5.97. The summed E-state index contributed by atoms with van der Waals surface area (Å²) in [7, 11) is 0. The number of alkyl halides is 1. The van der Waals surface area contributed by atoms with Crippen LogP contribution in [0.15, 0.2) is 0 Å². The Hall–Kier alpha value is 0.430. The van der Waals surface area contributed by atoms with Crippen LogP contribution in [0.3, 0.4) is 0 Å². The predicted octanol–water partition coefficient (Wildman–Crippen LogP) is 5.49. The van der Waals surface area contributed by atoms with E-state index in [0.717, 1.165) is 0 Å². The lowest BCUT2D eigenvalue weighted by atomic mass is 10.3. The fraction of sp³-hybridized carbons (Fsp3) is 0.222. The van der Waals surface area contributed by atoms with Crippen LogP contribution < -0.4 is 4.74 Å². The van der Waals surface area contributed by atoms with Crippen LogP contribution in [0.1, 0.15) is 6.42 Å². The number of halogens is 6. The Bertz CT molecular complexity index is 430. The first-order valence-electron chi connectivity index (χ1n) is 4.18. The molecule has 0 aliphatic rings. The molecule has 94 valence electrons. The fourth-order valence-electron chi connectivity index (χ4n) is 0.916. The largest absolute Gasteiger partial charge is 0.423 e. The van der Waals surface area contributed by atoms with Crippen LogP contribution in [-0.2, 0) is 4.79 Å². The minimum atomic E-state index is -0.599. The van der Waals surface area contributed by atoms with Gasteiger partial charge in [-0.05, 0) is 0 Å². The molecule has 0 aromatic heterocycles. The van der Waals surface area contributed by atoms with Gasteiger partial charge in [-0.3, -0.25) is 4.79 Å². The maximum absolute atomic E-state index is 11.3. The fourth-order valence-corrected chi connectivity index (χ4v) is 2.27. The van der Waals surface area contributed by atoms with Crippen molar-refractivity contribution >= 4 is 75.6 Å². The highest BCUT2D eigenvalue weighted by Crippen LogP contribution is 2.48. The molecule has 2 nitrogen and oxygen atoms in total. The number of benzene rings is 1. The van der Waals surface area contributed by atoms with Crippen molar-refractivity contribution in [3.05, 3.63) is 25.1 Å². The smallest absolute Gasteiger partial charge is 0.312 e. The molecule has 1 rings (SSSR count). The summed E-state index contributed by atoms with van der Waals surface area (Å²) in [6, 6.07) is 0. The number of hydrogen-bond donors (Lipinski definition) is 0. The SMILES string of the molecule is O=C(CCCl)Oc1c(Cl)c(Cl)c(Cl)c(Cl)c1Cl. The van der Waals surface area contributed by atoms with Crippen LogP contribution >= 0.6 is 69.6 Å². The van der Waals surface area contributed by atoms with Crippen molar-refractivity contribution in [1.29, 1.82) is 0 Å². The van der Waals surface area contributed by atoms with Gasteiger partial charge in [-0.2, -0.15) is 0 Å². The van der Waals surface area contributed by atoms with Crippen molar-refractivity contribution < 1.29 is 9.53 Å². The molecule has 8 heteroatoms. The molecule has 0 bridgehead atoms. The van der Waals surface area contributed by atoms with Crippen LogP contribution in [0.4, 0.5) is 0 Å². The summed E-state index contributed by atoms with van der Waals surface area (Å²) in [5.74, 6) is -0.607. The molecule has 0 amide bonds. The monoisotopic (exact) mass is 354 g/mol. The van der Waals surface area contributed by atoms with Crippen LogP contribution in [0.25, 0.3) is 0 Å². The minimum Gasteiger partial charge on any atom is -0.423 e. The van der Waals surface area contributed by atoms with Crippen LogP contribution in [0.2, 0.25) is 25.1 Å². The summed E-state index contributed by atoms with van der Waals surface area (Å²) in [4.78, 5) is 11.3. The van der Waals surface area contributed by atoms with Gasteiger partial charge in [0.15, 0.2) is 5.75 Å². The average Bonchev–Trinajstić information content (AvgIpc) is 2.30. The topological polar surface area (TPSA) is 26.3 Å². The van der Waals surface area contributed by atoms with Gasteiger partial charge in [-0.25, -0.2) is 0 Å². The van der Waals surface area contributed by atoms with Crippen molar-refractivity contribution in [3.63, 3.8) is 0 Å². The summed E-state index contributed by atoms with van der Waals surface area (Å²) < 4.78 is 4.92. The van der Waals surface area contributed by atoms with E-state index in [1.54, 1.807) is 0 Å². The Morgan fingerprint density at radius 3 is 1.71 bits per heavy atom. The first kappa shape index (κ1) is 15.5. The van der Waals surface area contributed by atoms with E-state index in [0.29, 0.717) is 0 Å². The third-order valence-corrected chi connectivity index (χ3v) is 4.12. The zero-order valence-electron chi connectivity index (χ0n) is 8.00. The summed E-state index contributed by atoms with van der Waals surface area (Å²) in [6.45, 7) is 0. The summed E-state index contributed by atoms with van der Waals surface area (Å²) in [5, 5.41) is -0.212. The van der Waals surface area contributed by atoms with E-state index >= 15 is 0 Å². The van der Waals surface area contributed by atoms with E-state index in [1.807, 2.05) is 0 Å². The Morgan fingerprint density at radius 2 is 1.29 bits per heavy atom. The lowest BCUT2D eigenvalue weighted by molar-refractivity contribution is -0.133. The molecule has 0 N–H and O–H groups in total. The van der Waals surface area contributed by atoms with Gasteiger partial charge in [0.1, 0.15) is 10.0 Å².